The smallest absolute Gasteiger partial charge is 0.121 e. The second kappa shape index (κ2) is 4.77. The first-order valence-electron chi connectivity index (χ1n) is 6.11. The minimum absolute atomic E-state index is 0.482. The van der Waals surface area contributed by atoms with Crippen LogP contribution in [-0.4, -0.2) is 25.7 Å². The second-order valence-corrected chi connectivity index (χ2v) is 4.85. The molecule has 3 nitrogen and oxygen atoms in total. The minimum Gasteiger partial charge on any atom is -0.368 e. The Morgan fingerprint density at radius 1 is 1.47 bits per heavy atom. The number of aryl methyl sites for hydroxylation is 1. The van der Waals surface area contributed by atoms with E-state index in [1.165, 1.54) is 17.7 Å². The van der Waals surface area contributed by atoms with Crippen molar-refractivity contribution in [2.24, 2.45) is 0 Å². The number of nitrogens with zero attached hydrogens (tertiary/aromatic N) is 2. The van der Waals surface area contributed by atoms with Crippen molar-refractivity contribution in [1.82, 2.24) is 5.32 Å². The molecule has 0 bridgehead atoms. The first-order chi connectivity index (χ1) is 8.18. The van der Waals surface area contributed by atoms with E-state index in [9.17, 15) is 5.26 Å². The van der Waals surface area contributed by atoms with Gasteiger partial charge in [-0.15, -0.1) is 0 Å². The van der Waals surface area contributed by atoms with Gasteiger partial charge >= 0.3 is 0 Å². The summed E-state index contributed by atoms with van der Waals surface area (Å²) in [6, 6.07) is 10.9. The molecule has 3 heteroatoms. The van der Waals surface area contributed by atoms with Gasteiger partial charge in [-0.1, -0.05) is 18.2 Å². The molecule has 1 aliphatic rings. The highest BCUT2D eigenvalue weighted by atomic mass is 15.2. The van der Waals surface area contributed by atoms with E-state index in [-0.39, 0.29) is 0 Å². The Bertz CT molecular complexity index is 435. The van der Waals surface area contributed by atoms with Gasteiger partial charge in [-0.05, 0) is 38.4 Å². The highest BCUT2D eigenvalue weighted by Crippen LogP contribution is 2.27. The van der Waals surface area contributed by atoms with Crippen molar-refractivity contribution in [3.8, 4) is 6.07 Å². The van der Waals surface area contributed by atoms with Gasteiger partial charge in [0.1, 0.15) is 5.54 Å². The molecule has 0 fully saturated rings. The van der Waals surface area contributed by atoms with Gasteiger partial charge < -0.3 is 10.2 Å². The maximum Gasteiger partial charge on any atom is 0.121 e. The molecule has 1 aromatic rings. The van der Waals surface area contributed by atoms with E-state index < -0.39 is 5.54 Å². The summed E-state index contributed by atoms with van der Waals surface area (Å²) in [4.78, 5) is 2.32. The highest BCUT2D eigenvalue weighted by molar-refractivity contribution is 5.56. The standard InChI is InChI=1S/C14H19N3/c1-14(10-15,16-2)11-17-9-5-7-12-6-3-4-8-13(12)17/h3-4,6,8,16H,5,7,9,11H2,1-2H3. The van der Waals surface area contributed by atoms with Crippen LogP contribution in [0.25, 0.3) is 0 Å². The Morgan fingerprint density at radius 2 is 2.24 bits per heavy atom. The number of hydrogen-bond donors (Lipinski definition) is 1. The lowest BCUT2D eigenvalue weighted by molar-refractivity contribution is 0.474. The van der Waals surface area contributed by atoms with E-state index in [0.29, 0.717) is 0 Å². The number of nitriles is 1. The third-order valence-electron chi connectivity index (χ3n) is 3.51. The normalized spacial score (nSPS) is 18.1. The van der Waals surface area contributed by atoms with Crippen molar-refractivity contribution < 1.29 is 0 Å². The summed E-state index contributed by atoms with van der Waals surface area (Å²) >= 11 is 0. The summed E-state index contributed by atoms with van der Waals surface area (Å²) in [7, 11) is 1.85. The Morgan fingerprint density at radius 3 is 2.94 bits per heavy atom. The van der Waals surface area contributed by atoms with Gasteiger partial charge in [0.2, 0.25) is 0 Å². The van der Waals surface area contributed by atoms with Crippen LogP contribution in [0, 0.1) is 11.3 Å². The molecule has 90 valence electrons. The van der Waals surface area contributed by atoms with Gasteiger partial charge in [0.25, 0.3) is 0 Å². The van der Waals surface area contributed by atoms with Crippen molar-refractivity contribution in [2.75, 3.05) is 25.0 Å². The van der Waals surface area contributed by atoms with Gasteiger partial charge in [-0.25, -0.2) is 0 Å². The Hall–Kier alpha value is -1.53. The van der Waals surface area contributed by atoms with Crippen LogP contribution in [0.15, 0.2) is 24.3 Å². The molecule has 0 radical (unpaired) electrons. The van der Waals surface area contributed by atoms with Crippen LogP contribution in [0.3, 0.4) is 0 Å². The molecule has 1 heterocycles. The molecule has 0 aliphatic carbocycles. The predicted molar refractivity (Wildman–Crippen MR) is 70.1 cm³/mol. The Kier molecular flexibility index (Phi) is 3.35. The van der Waals surface area contributed by atoms with E-state index in [1.807, 2.05) is 14.0 Å². The number of hydrogen-bond acceptors (Lipinski definition) is 3. The monoisotopic (exact) mass is 229 g/mol. The molecule has 0 aromatic heterocycles. The van der Waals surface area contributed by atoms with Gasteiger partial charge in [0, 0.05) is 18.8 Å². The van der Waals surface area contributed by atoms with Gasteiger partial charge in [-0.2, -0.15) is 5.26 Å². The third-order valence-corrected chi connectivity index (χ3v) is 3.51. The SMILES string of the molecule is CNC(C)(C#N)CN1CCCc2ccccc21. The second-order valence-electron chi connectivity index (χ2n) is 4.85. The molecule has 0 saturated carbocycles. The maximum atomic E-state index is 9.22. The highest BCUT2D eigenvalue weighted by Gasteiger charge is 2.27. The zero-order chi connectivity index (χ0) is 12.3. The average Bonchev–Trinajstić information content (AvgIpc) is 2.39. The van der Waals surface area contributed by atoms with Crippen LogP contribution in [0.2, 0.25) is 0 Å². The average molecular weight is 229 g/mol. The summed E-state index contributed by atoms with van der Waals surface area (Å²) in [5, 5.41) is 12.3. The minimum atomic E-state index is -0.482. The van der Waals surface area contributed by atoms with Crippen molar-refractivity contribution in [1.29, 1.82) is 5.26 Å². The van der Waals surface area contributed by atoms with E-state index in [0.717, 1.165) is 19.5 Å². The molecule has 1 atom stereocenters. The van der Waals surface area contributed by atoms with Gasteiger partial charge in [0.15, 0.2) is 0 Å². The zero-order valence-electron chi connectivity index (χ0n) is 10.5. The zero-order valence-corrected chi connectivity index (χ0v) is 10.5. The number of benzene rings is 1. The summed E-state index contributed by atoms with van der Waals surface area (Å²) in [6.07, 6.45) is 2.32. The van der Waals surface area contributed by atoms with Crippen LogP contribution >= 0.6 is 0 Å². The fraction of sp³-hybridized carbons (Fsp3) is 0.500. The summed E-state index contributed by atoms with van der Waals surface area (Å²) in [5.74, 6) is 0. The largest absolute Gasteiger partial charge is 0.368 e. The molecule has 1 N–H and O–H groups in total. The van der Waals surface area contributed by atoms with E-state index in [1.54, 1.807) is 0 Å². The maximum absolute atomic E-state index is 9.22. The molecule has 1 unspecified atom stereocenters. The number of anilines is 1. The van der Waals surface area contributed by atoms with Crippen molar-refractivity contribution in [3.63, 3.8) is 0 Å². The molecular weight excluding hydrogens is 210 g/mol. The number of fused-ring (bicyclic) bond motifs is 1. The molecule has 0 amide bonds. The lowest BCUT2D eigenvalue weighted by atomic mass is 9.98. The molecule has 17 heavy (non-hydrogen) atoms. The first kappa shape index (κ1) is 11.9. The van der Waals surface area contributed by atoms with Crippen LogP contribution in [0.4, 0.5) is 5.69 Å². The van der Waals surface area contributed by atoms with E-state index >= 15 is 0 Å². The van der Waals surface area contributed by atoms with Gasteiger partial charge in [-0.3, -0.25) is 0 Å². The lowest BCUT2D eigenvalue weighted by Crippen LogP contribution is -2.50. The third kappa shape index (κ3) is 2.42. The van der Waals surface area contributed by atoms with E-state index in [2.05, 4.69) is 40.6 Å². The summed E-state index contributed by atoms with van der Waals surface area (Å²) in [5.41, 5.74) is 2.20. The molecule has 2 rings (SSSR count). The van der Waals surface area contributed by atoms with Crippen LogP contribution in [-0.2, 0) is 6.42 Å². The fourth-order valence-electron chi connectivity index (χ4n) is 2.33. The van der Waals surface area contributed by atoms with Gasteiger partial charge in [0.05, 0.1) is 6.07 Å². The number of nitrogens with one attached hydrogen (secondary N) is 1. The molecule has 1 aliphatic heterocycles. The molecular formula is C14H19N3. The number of rotatable bonds is 3. The molecule has 1 aromatic carbocycles. The fourth-order valence-corrected chi connectivity index (χ4v) is 2.33. The Labute approximate surface area is 103 Å². The van der Waals surface area contributed by atoms with E-state index in [4.69, 9.17) is 0 Å². The molecule has 0 spiro atoms. The predicted octanol–water partition coefficient (Wildman–Crippen LogP) is 1.94. The summed E-state index contributed by atoms with van der Waals surface area (Å²) < 4.78 is 0. The van der Waals surface area contributed by atoms with Crippen molar-refractivity contribution in [3.05, 3.63) is 29.8 Å². The molecule has 0 saturated heterocycles. The summed E-state index contributed by atoms with van der Waals surface area (Å²) in [6.45, 7) is 3.72. The quantitative estimate of drug-likeness (QED) is 0.861. The lowest BCUT2D eigenvalue weighted by Gasteiger charge is -2.36. The van der Waals surface area contributed by atoms with Crippen molar-refractivity contribution in [2.45, 2.75) is 25.3 Å². The van der Waals surface area contributed by atoms with Crippen LogP contribution < -0.4 is 10.2 Å². The number of para-hydroxylation sites is 1. The van der Waals surface area contributed by atoms with Crippen LogP contribution in [0.5, 0.6) is 0 Å². The van der Waals surface area contributed by atoms with Crippen LogP contribution in [0.1, 0.15) is 18.9 Å². The first-order valence-corrected chi connectivity index (χ1v) is 6.11. The number of likely N-dealkylation sites (N-methyl/N-ethyl adjacent to an activating group) is 1. The topological polar surface area (TPSA) is 39.1 Å². The van der Waals surface area contributed by atoms with Crippen molar-refractivity contribution >= 4 is 5.69 Å². The Balaban J connectivity index is 2.22.